The molecule has 2 aromatic rings. The lowest BCUT2D eigenvalue weighted by molar-refractivity contribution is 0.0769. The molecule has 0 spiro atoms. The summed E-state index contributed by atoms with van der Waals surface area (Å²) in [6.07, 6.45) is 0. The molecule has 0 radical (unpaired) electrons. The number of para-hydroxylation sites is 1. The highest BCUT2D eigenvalue weighted by Crippen LogP contribution is 2.16. The van der Waals surface area contributed by atoms with Gasteiger partial charge in [0, 0.05) is 12.1 Å². The molecule has 0 aliphatic carbocycles. The highest BCUT2D eigenvalue weighted by atomic mass is 35.5. The smallest absolute Gasteiger partial charge is 0.256 e. The van der Waals surface area contributed by atoms with Crippen LogP contribution in [0.25, 0.3) is 0 Å². The minimum absolute atomic E-state index is 0.0373. The van der Waals surface area contributed by atoms with E-state index in [9.17, 15) is 9.18 Å². The van der Waals surface area contributed by atoms with Crippen LogP contribution in [0.5, 0.6) is 5.75 Å². The van der Waals surface area contributed by atoms with Gasteiger partial charge in [0.2, 0.25) is 0 Å². The zero-order chi connectivity index (χ0) is 15.2. The molecular weight excluding hydrogens is 293 g/mol. The zero-order valence-electron chi connectivity index (χ0n) is 11.6. The average molecular weight is 308 g/mol. The van der Waals surface area contributed by atoms with Crippen LogP contribution in [0.4, 0.5) is 4.39 Å². The van der Waals surface area contributed by atoms with Crippen LogP contribution >= 0.6 is 11.6 Å². The lowest BCUT2D eigenvalue weighted by Gasteiger charge is -2.18. The molecule has 0 aliphatic heterocycles. The fourth-order valence-corrected chi connectivity index (χ4v) is 1.96. The third kappa shape index (κ3) is 4.20. The van der Waals surface area contributed by atoms with Gasteiger partial charge in [0.25, 0.3) is 5.91 Å². The molecular formula is C16H15ClFNO2. The fourth-order valence-electron chi connectivity index (χ4n) is 1.79. The highest BCUT2D eigenvalue weighted by Gasteiger charge is 2.16. The van der Waals surface area contributed by atoms with Crippen molar-refractivity contribution in [2.45, 2.75) is 0 Å². The molecule has 3 nitrogen and oxygen atoms in total. The predicted octanol–water partition coefficient (Wildman–Crippen LogP) is 3.63. The maximum Gasteiger partial charge on any atom is 0.256 e. The van der Waals surface area contributed by atoms with Crippen LogP contribution in [0.3, 0.4) is 0 Å². The Morgan fingerprint density at radius 3 is 2.67 bits per heavy atom. The predicted molar refractivity (Wildman–Crippen MR) is 80.3 cm³/mol. The number of halogens is 2. The first kappa shape index (κ1) is 15.3. The SMILES string of the molecule is CN(CCOc1ccccc1)C(=O)c1cc(Cl)ccc1F. The van der Waals surface area contributed by atoms with Crippen molar-refractivity contribution in [1.29, 1.82) is 0 Å². The lowest BCUT2D eigenvalue weighted by Crippen LogP contribution is -2.31. The van der Waals surface area contributed by atoms with Gasteiger partial charge in [0.05, 0.1) is 12.1 Å². The van der Waals surface area contributed by atoms with E-state index in [4.69, 9.17) is 16.3 Å². The standard InChI is InChI=1S/C16H15ClFNO2/c1-19(9-10-21-13-5-3-2-4-6-13)16(20)14-11-12(17)7-8-15(14)18/h2-8,11H,9-10H2,1H3. The molecule has 0 aromatic heterocycles. The molecule has 0 unspecified atom stereocenters. The van der Waals surface area contributed by atoms with Crippen molar-refractivity contribution < 1.29 is 13.9 Å². The number of hydrogen-bond donors (Lipinski definition) is 0. The Balaban J connectivity index is 1.92. The van der Waals surface area contributed by atoms with Crippen molar-refractivity contribution in [3.63, 3.8) is 0 Å². The van der Waals surface area contributed by atoms with Crippen molar-refractivity contribution in [2.75, 3.05) is 20.2 Å². The van der Waals surface area contributed by atoms with Gasteiger partial charge in [-0.1, -0.05) is 29.8 Å². The van der Waals surface area contributed by atoms with Crippen LogP contribution in [0.15, 0.2) is 48.5 Å². The molecule has 0 aliphatic rings. The normalized spacial score (nSPS) is 10.2. The van der Waals surface area contributed by atoms with E-state index in [2.05, 4.69) is 0 Å². The summed E-state index contributed by atoms with van der Waals surface area (Å²) in [4.78, 5) is 13.5. The maximum atomic E-state index is 13.6. The van der Waals surface area contributed by atoms with Crippen molar-refractivity contribution in [2.24, 2.45) is 0 Å². The summed E-state index contributed by atoms with van der Waals surface area (Å²) < 4.78 is 19.1. The molecule has 0 atom stereocenters. The summed E-state index contributed by atoms with van der Waals surface area (Å²) >= 11 is 5.79. The Kier molecular flexibility index (Phi) is 5.17. The largest absolute Gasteiger partial charge is 0.492 e. The minimum atomic E-state index is -0.583. The molecule has 0 bridgehead atoms. The summed E-state index contributed by atoms with van der Waals surface area (Å²) in [6, 6.07) is 13.2. The first-order valence-electron chi connectivity index (χ1n) is 6.46. The topological polar surface area (TPSA) is 29.5 Å². The Hall–Kier alpha value is -2.07. The molecule has 0 fully saturated rings. The maximum absolute atomic E-state index is 13.6. The van der Waals surface area contributed by atoms with Gasteiger partial charge < -0.3 is 9.64 Å². The summed E-state index contributed by atoms with van der Waals surface area (Å²) in [6.45, 7) is 0.675. The van der Waals surface area contributed by atoms with E-state index in [1.807, 2.05) is 30.3 Å². The number of nitrogens with zero attached hydrogens (tertiary/aromatic N) is 1. The van der Waals surface area contributed by atoms with Crippen LogP contribution in [0.1, 0.15) is 10.4 Å². The second kappa shape index (κ2) is 7.09. The van der Waals surface area contributed by atoms with Crippen molar-refractivity contribution in [3.8, 4) is 5.75 Å². The van der Waals surface area contributed by atoms with Gasteiger partial charge in [-0.05, 0) is 30.3 Å². The molecule has 0 saturated carbocycles. The number of ether oxygens (including phenoxy) is 1. The molecule has 2 aromatic carbocycles. The van der Waals surface area contributed by atoms with Gasteiger partial charge in [-0.2, -0.15) is 0 Å². The molecule has 0 saturated heterocycles. The van der Waals surface area contributed by atoms with Crippen LogP contribution in [0.2, 0.25) is 5.02 Å². The number of benzene rings is 2. The van der Waals surface area contributed by atoms with Crippen molar-refractivity contribution >= 4 is 17.5 Å². The minimum Gasteiger partial charge on any atom is -0.492 e. The van der Waals surface area contributed by atoms with Gasteiger partial charge >= 0.3 is 0 Å². The van der Waals surface area contributed by atoms with E-state index in [-0.39, 0.29) is 5.56 Å². The molecule has 21 heavy (non-hydrogen) atoms. The van der Waals surface area contributed by atoms with Gasteiger partial charge in [-0.3, -0.25) is 4.79 Å². The Morgan fingerprint density at radius 2 is 1.95 bits per heavy atom. The van der Waals surface area contributed by atoms with Crippen molar-refractivity contribution in [1.82, 2.24) is 4.90 Å². The Labute approximate surface area is 127 Å². The first-order chi connectivity index (χ1) is 10.1. The molecule has 2 rings (SSSR count). The number of likely N-dealkylation sites (N-methyl/N-ethyl adjacent to an activating group) is 1. The average Bonchev–Trinajstić information content (AvgIpc) is 2.50. The van der Waals surface area contributed by atoms with Crippen LogP contribution in [-0.2, 0) is 0 Å². The van der Waals surface area contributed by atoms with Gasteiger partial charge in [-0.25, -0.2) is 4.39 Å². The number of rotatable bonds is 5. The van der Waals surface area contributed by atoms with Crippen molar-refractivity contribution in [3.05, 3.63) is 64.9 Å². The second-order valence-electron chi connectivity index (χ2n) is 4.51. The fraction of sp³-hybridized carbons (Fsp3) is 0.188. The summed E-state index contributed by atoms with van der Waals surface area (Å²) in [7, 11) is 1.59. The first-order valence-corrected chi connectivity index (χ1v) is 6.84. The monoisotopic (exact) mass is 307 g/mol. The molecule has 1 amide bonds. The van der Waals surface area contributed by atoms with Crippen LogP contribution < -0.4 is 4.74 Å². The van der Waals surface area contributed by atoms with E-state index < -0.39 is 11.7 Å². The van der Waals surface area contributed by atoms with Gasteiger partial charge in [-0.15, -0.1) is 0 Å². The number of amides is 1. The number of carbonyl (C=O) groups excluding carboxylic acids is 1. The summed E-state index contributed by atoms with van der Waals surface area (Å²) in [5.41, 5.74) is -0.0373. The molecule has 5 heteroatoms. The van der Waals surface area contributed by atoms with Gasteiger partial charge in [0.1, 0.15) is 18.2 Å². The summed E-state index contributed by atoms with van der Waals surface area (Å²) in [5, 5.41) is 0.327. The molecule has 0 heterocycles. The quantitative estimate of drug-likeness (QED) is 0.844. The Morgan fingerprint density at radius 1 is 1.24 bits per heavy atom. The third-order valence-electron chi connectivity index (χ3n) is 2.94. The third-order valence-corrected chi connectivity index (χ3v) is 3.18. The van der Waals surface area contributed by atoms with Crippen LogP contribution in [0, 0.1) is 5.82 Å². The zero-order valence-corrected chi connectivity index (χ0v) is 12.3. The molecule has 110 valence electrons. The summed E-state index contributed by atoms with van der Waals surface area (Å²) in [5.74, 6) is -0.279. The van der Waals surface area contributed by atoms with E-state index in [0.717, 1.165) is 5.75 Å². The van der Waals surface area contributed by atoms with E-state index >= 15 is 0 Å². The van der Waals surface area contributed by atoms with E-state index in [1.165, 1.54) is 23.1 Å². The van der Waals surface area contributed by atoms with E-state index in [0.29, 0.717) is 18.2 Å². The lowest BCUT2D eigenvalue weighted by atomic mass is 10.2. The Bertz CT molecular complexity index is 619. The van der Waals surface area contributed by atoms with E-state index in [1.54, 1.807) is 7.05 Å². The van der Waals surface area contributed by atoms with Crippen LogP contribution in [-0.4, -0.2) is 31.0 Å². The second-order valence-corrected chi connectivity index (χ2v) is 4.95. The van der Waals surface area contributed by atoms with Gasteiger partial charge in [0.15, 0.2) is 0 Å². The number of carbonyl (C=O) groups is 1. The highest BCUT2D eigenvalue weighted by molar-refractivity contribution is 6.30. The number of hydrogen-bond acceptors (Lipinski definition) is 2. The molecule has 0 N–H and O–H groups in total.